The average Bonchev–Trinajstić information content (AvgIpc) is 2.77. The van der Waals surface area contributed by atoms with E-state index >= 15 is 0 Å². The van der Waals surface area contributed by atoms with Crippen LogP contribution in [0.2, 0.25) is 0 Å². The van der Waals surface area contributed by atoms with Crippen molar-refractivity contribution in [3.63, 3.8) is 0 Å². The molecule has 1 aliphatic rings. The van der Waals surface area contributed by atoms with Gasteiger partial charge in [0, 0.05) is 12.0 Å². The summed E-state index contributed by atoms with van der Waals surface area (Å²) in [7, 11) is 1.37. The van der Waals surface area contributed by atoms with E-state index in [4.69, 9.17) is 4.74 Å². The van der Waals surface area contributed by atoms with Gasteiger partial charge >= 0.3 is 5.97 Å². The van der Waals surface area contributed by atoms with Gasteiger partial charge in [0.1, 0.15) is 11.9 Å². The Morgan fingerprint density at radius 1 is 1.39 bits per heavy atom. The van der Waals surface area contributed by atoms with E-state index < -0.39 is 0 Å². The van der Waals surface area contributed by atoms with Crippen molar-refractivity contribution in [3.05, 3.63) is 29.8 Å². The van der Waals surface area contributed by atoms with Gasteiger partial charge in [0.05, 0.1) is 19.6 Å². The zero-order valence-corrected chi connectivity index (χ0v) is 10.5. The Morgan fingerprint density at radius 2 is 2.17 bits per heavy atom. The third kappa shape index (κ3) is 3.23. The molecule has 0 saturated heterocycles. The van der Waals surface area contributed by atoms with Gasteiger partial charge in [0.25, 0.3) is 0 Å². The molecule has 1 N–H and O–H groups in total. The van der Waals surface area contributed by atoms with E-state index in [9.17, 15) is 9.90 Å². The van der Waals surface area contributed by atoms with E-state index in [0.29, 0.717) is 12.2 Å². The maximum Gasteiger partial charge on any atom is 0.310 e. The lowest BCUT2D eigenvalue weighted by Crippen LogP contribution is -2.15. The minimum Gasteiger partial charge on any atom is -0.490 e. The topological polar surface area (TPSA) is 55.8 Å². The lowest BCUT2D eigenvalue weighted by Gasteiger charge is -2.16. The first-order chi connectivity index (χ1) is 8.69. The summed E-state index contributed by atoms with van der Waals surface area (Å²) in [5.41, 5.74) is 0.825. The molecule has 1 fully saturated rings. The molecule has 0 heterocycles. The largest absolute Gasteiger partial charge is 0.490 e. The summed E-state index contributed by atoms with van der Waals surface area (Å²) in [6, 6.07) is 7.46. The molecule has 2 atom stereocenters. The standard InChI is InChI=1S/C14H18O4/c1-17-14(16)8-10-4-2-3-5-13(10)18-12-7-6-11(15)9-12/h2-5,11-12,15H,6-9H2,1H3. The van der Waals surface area contributed by atoms with E-state index in [1.165, 1.54) is 7.11 Å². The SMILES string of the molecule is COC(=O)Cc1ccccc1OC1CCC(O)C1. The number of hydrogen-bond acceptors (Lipinski definition) is 4. The van der Waals surface area contributed by atoms with Crippen LogP contribution in [0.15, 0.2) is 24.3 Å². The van der Waals surface area contributed by atoms with Crippen molar-refractivity contribution in [2.75, 3.05) is 7.11 Å². The average molecular weight is 250 g/mol. The Balaban J connectivity index is 2.05. The van der Waals surface area contributed by atoms with Gasteiger partial charge in [-0.3, -0.25) is 4.79 Å². The molecule has 2 unspecified atom stereocenters. The van der Waals surface area contributed by atoms with Crippen LogP contribution in [0.4, 0.5) is 0 Å². The van der Waals surface area contributed by atoms with E-state index in [-0.39, 0.29) is 24.6 Å². The Kier molecular flexibility index (Phi) is 4.20. The second-order valence-electron chi connectivity index (χ2n) is 4.57. The molecular weight excluding hydrogens is 232 g/mol. The summed E-state index contributed by atoms with van der Waals surface area (Å²) in [4.78, 5) is 11.3. The van der Waals surface area contributed by atoms with Gasteiger partial charge < -0.3 is 14.6 Å². The number of para-hydroxylation sites is 1. The van der Waals surface area contributed by atoms with E-state index in [1.807, 2.05) is 24.3 Å². The summed E-state index contributed by atoms with van der Waals surface area (Å²) < 4.78 is 10.5. The lowest BCUT2D eigenvalue weighted by molar-refractivity contribution is -0.139. The summed E-state index contributed by atoms with van der Waals surface area (Å²) in [5.74, 6) is 0.430. The third-order valence-electron chi connectivity index (χ3n) is 3.19. The molecule has 18 heavy (non-hydrogen) atoms. The van der Waals surface area contributed by atoms with Gasteiger partial charge in [-0.15, -0.1) is 0 Å². The molecule has 0 aliphatic heterocycles. The number of aliphatic hydroxyl groups is 1. The van der Waals surface area contributed by atoms with Crippen LogP contribution in [0, 0.1) is 0 Å². The van der Waals surface area contributed by atoms with Crippen molar-refractivity contribution >= 4 is 5.97 Å². The first-order valence-electron chi connectivity index (χ1n) is 6.18. The number of esters is 1. The second-order valence-corrected chi connectivity index (χ2v) is 4.57. The molecule has 0 radical (unpaired) electrons. The summed E-state index contributed by atoms with van der Waals surface area (Å²) in [6.45, 7) is 0. The molecule has 2 rings (SSSR count). The van der Waals surface area contributed by atoms with Crippen molar-refractivity contribution in [2.45, 2.75) is 37.9 Å². The molecule has 0 amide bonds. The molecule has 1 aromatic carbocycles. The van der Waals surface area contributed by atoms with Gasteiger partial charge in [-0.05, 0) is 18.9 Å². The van der Waals surface area contributed by atoms with Gasteiger partial charge in [0.15, 0.2) is 0 Å². The Labute approximate surface area is 107 Å². The lowest BCUT2D eigenvalue weighted by atomic mass is 10.1. The van der Waals surface area contributed by atoms with Crippen LogP contribution in [-0.2, 0) is 16.0 Å². The second kappa shape index (κ2) is 5.87. The molecule has 1 saturated carbocycles. The molecule has 0 bridgehead atoms. The molecule has 4 heteroatoms. The van der Waals surface area contributed by atoms with Crippen LogP contribution in [-0.4, -0.2) is 30.4 Å². The number of hydrogen-bond donors (Lipinski definition) is 1. The fourth-order valence-corrected chi connectivity index (χ4v) is 2.20. The van der Waals surface area contributed by atoms with Crippen molar-refractivity contribution < 1.29 is 19.4 Å². The molecular formula is C14H18O4. The fourth-order valence-electron chi connectivity index (χ4n) is 2.20. The Hall–Kier alpha value is -1.55. The highest BCUT2D eigenvalue weighted by molar-refractivity contribution is 5.73. The van der Waals surface area contributed by atoms with E-state index in [1.54, 1.807) is 0 Å². The number of ether oxygens (including phenoxy) is 2. The Bertz CT molecular complexity index is 416. The van der Waals surface area contributed by atoms with Crippen LogP contribution >= 0.6 is 0 Å². The van der Waals surface area contributed by atoms with Crippen LogP contribution in [0.3, 0.4) is 0 Å². The van der Waals surface area contributed by atoms with Gasteiger partial charge in [-0.1, -0.05) is 18.2 Å². The number of carbonyl (C=O) groups excluding carboxylic acids is 1. The summed E-state index contributed by atoms with van der Waals surface area (Å²) in [5, 5.41) is 9.48. The quantitative estimate of drug-likeness (QED) is 0.826. The molecule has 1 aliphatic carbocycles. The predicted molar refractivity (Wildman–Crippen MR) is 66.4 cm³/mol. The summed E-state index contributed by atoms with van der Waals surface area (Å²) >= 11 is 0. The van der Waals surface area contributed by atoms with Gasteiger partial charge in [0.2, 0.25) is 0 Å². The zero-order chi connectivity index (χ0) is 13.0. The number of aliphatic hydroxyl groups excluding tert-OH is 1. The maximum absolute atomic E-state index is 11.3. The number of carbonyl (C=O) groups is 1. The minimum atomic E-state index is -0.280. The van der Waals surface area contributed by atoms with Gasteiger partial charge in [-0.25, -0.2) is 0 Å². The molecule has 98 valence electrons. The normalized spacial score (nSPS) is 22.8. The highest BCUT2D eigenvalue weighted by Crippen LogP contribution is 2.27. The van der Waals surface area contributed by atoms with Crippen molar-refractivity contribution in [3.8, 4) is 5.75 Å². The number of methoxy groups -OCH3 is 1. The van der Waals surface area contributed by atoms with Crippen LogP contribution in [0.5, 0.6) is 5.75 Å². The van der Waals surface area contributed by atoms with Crippen molar-refractivity contribution in [1.82, 2.24) is 0 Å². The molecule has 4 nitrogen and oxygen atoms in total. The highest BCUT2D eigenvalue weighted by Gasteiger charge is 2.25. The van der Waals surface area contributed by atoms with Crippen molar-refractivity contribution in [2.24, 2.45) is 0 Å². The number of benzene rings is 1. The van der Waals surface area contributed by atoms with E-state index in [2.05, 4.69) is 4.74 Å². The Morgan fingerprint density at radius 3 is 2.83 bits per heavy atom. The smallest absolute Gasteiger partial charge is 0.310 e. The first-order valence-corrected chi connectivity index (χ1v) is 6.18. The minimum absolute atomic E-state index is 0.0406. The first kappa shape index (κ1) is 12.9. The number of rotatable bonds is 4. The van der Waals surface area contributed by atoms with E-state index in [0.717, 1.165) is 18.4 Å². The highest BCUT2D eigenvalue weighted by atomic mass is 16.5. The molecule has 0 aromatic heterocycles. The fraction of sp³-hybridized carbons (Fsp3) is 0.500. The molecule has 1 aromatic rings. The summed E-state index contributed by atoms with van der Waals surface area (Å²) in [6.07, 6.45) is 2.29. The maximum atomic E-state index is 11.3. The third-order valence-corrected chi connectivity index (χ3v) is 3.19. The van der Waals surface area contributed by atoms with Crippen molar-refractivity contribution in [1.29, 1.82) is 0 Å². The monoisotopic (exact) mass is 250 g/mol. The van der Waals surface area contributed by atoms with Crippen LogP contribution in [0.1, 0.15) is 24.8 Å². The van der Waals surface area contributed by atoms with Crippen LogP contribution in [0.25, 0.3) is 0 Å². The zero-order valence-electron chi connectivity index (χ0n) is 10.5. The van der Waals surface area contributed by atoms with Gasteiger partial charge in [-0.2, -0.15) is 0 Å². The predicted octanol–water partition coefficient (Wildman–Crippen LogP) is 1.69. The van der Waals surface area contributed by atoms with Crippen LogP contribution < -0.4 is 4.74 Å². The molecule has 0 spiro atoms.